The molecule has 9 heteroatoms. The molecule has 0 bridgehead atoms. The molecule has 0 radical (unpaired) electrons. The van der Waals surface area contributed by atoms with Gasteiger partial charge in [-0.25, -0.2) is 4.79 Å². The first-order chi connectivity index (χ1) is 14.2. The summed E-state index contributed by atoms with van der Waals surface area (Å²) in [6, 6.07) is 16.8. The van der Waals surface area contributed by atoms with Gasteiger partial charge in [-0.1, -0.05) is 30.3 Å². The van der Waals surface area contributed by atoms with Gasteiger partial charge in [0.2, 0.25) is 5.91 Å². The zero-order valence-electron chi connectivity index (χ0n) is 16.1. The number of piperazine rings is 1. The van der Waals surface area contributed by atoms with Gasteiger partial charge in [0.1, 0.15) is 12.3 Å². The Bertz CT molecular complexity index is 1040. The van der Waals surface area contributed by atoms with Crippen LogP contribution in [-0.2, 0) is 11.3 Å². The number of benzene rings is 2. The molecule has 29 heavy (non-hydrogen) atoms. The van der Waals surface area contributed by atoms with E-state index in [2.05, 4.69) is 15.3 Å². The lowest BCUT2D eigenvalue weighted by Gasteiger charge is -2.36. The monoisotopic (exact) mass is 394 g/mol. The van der Waals surface area contributed by atoms with Crippen LogP contribution in [0.25, 0.3) is 5.69 Å². The molecule has 0 spiro atoms. The molecule has 1 amide bonds. The van der Waals surface area contributed by atoms with Crippen molar-refractivity contribution in [1.29, 1.82) is 0 Å². The van der Waals surface area contributed by atoms with E-state index < -0.39 is 5.69 Å². The van der Waals surface area contributed by atoms with Gasteiger partial charge in [0.15, 0.2) is 0 Å². The van der Waals surface area contributed by atoms with Crippen molar-refractivity contribution in [1.82, 2.24) is 24.7 Å². The van der Waals surface area contributed by atoms with Crippen molar-refractivity contribution in [3.05, 3.63) is 65.1 Å². The minimum atomic E-state index is -0.433. The molecule has 0 unspecified atom stereocenters. The molecular formula is C20H22N6O3. The van der Waals surface area contributed by atoms with Gasteiger partial charge in [0, 0.05) is 26.2 Å². The number of para-hydroxylation sites is 3. The highest BCUT2D eigenvalue weighted by atomic mass is 16.5. The molecule has 0 saturated carbocycles. The maximum absolute atomic E-state index is 12.7. The van der Waals surface area contributed by atoms with Crippen molar-refractivity contribution in [3.63, 3.8) is 0 Å². The summed E-state index contributed by atoms with van der Waals surface area (Å²) in [5.74, 6) is 0.670. The number of aromatic nitrogens is 4. The lowest BCUT2D eigenvalue weighted by atomic mass is 10.2. The molecule has 4 rings (SSSR count). The lowest BCUT2D eigenvalue weighted by Crippen LogP contribution is -2.50. The van der Waals surface area contributed by atoms with Crippen molar-refractivity contribution < 1.29 is 9.53 Å². The van der Waals surface area contributed by atoms with Gasteiger partial charge in [0.25, 0.3) is 0 Å². The highest BCUT2D eigenvalue weighted by Gasteiger charge is 2.24. The third-order valence-corrected chi connectivity index (χ3v) is 4.98. The van der Waals surface area contributed by atoms with E-state index in [0.29, 0.717) is 31.9 Å². The summed E-state index contributed by atoms with van der Waals surface area (Å²) >= 11 is 0. The van der Waals surface area contributed by atoms with Crippen LogP contribution in [0.15, 0.2) is 59.4 Å². The highest BCUT2D eigenvalue weighted by Crippen LogP contribution is 2.28. The molecule has 1 saturated heterocycles. The summed E-state index contributed by atoms with van der Waals surface area (Å²) in [4.78, 5) is 29.1. The third-order valence-electron chi connectivity index (χ3n) is 4.98. The van der Waals surface area contributed by atoms with Crippen LogP contribution in [-0.4, -0.2) is 63.9 Å². The van der Waals surface area contributed by atoms with Crippen LogP contribution in [0.1, 0.15) is 0 Å². The maximum atomic E-state index is 12.7. The number of ether oxygens (including phenoxy) is 1. The van der Waals surface area contributed by atoms with E-state index in [1.54, 1.807) is 24.1 Å². The summed E-state index contributed by atoms with van der Waals surface area (Å²) in [5.41, 5.74) is 1.20. The normalized spacial score (nSPS) is 14.1. The number of hydrogen-bond donors (Lipinski definition) is 0. The Morgan fingerprint density at radius 2 is 1.66 bits per heavy atom. The molecule has 0 aliphatic carbocycles. The average molecular weight is 394 g/mol. The van der Waals surface area contributed by atoms with E-state index >= 15 is 0 Å². The standard InChI is InChI=1S/C20H22N6O3/c1-29-18-10-6-5-9-17(18)23-11-13-24(14-12-23)19(27)15-25-20(28)26(22-21-25)16-7-3-2-4-8-16/h2-10H,11-15H2,1H3. The Labute approximate surface area is 167 Å². The van der Waals surface area contributed by atoms with E-state index in [1.807, 2.05) is 42.5 Å². The molecule has 150 valence electrons. The second kappa shape index (κ2) is 8.17. The predicted molar refractivity (Wildman–Crippen MR) is 107 cm³/mol. The summed E-state index contributed by atoms with van der Waals surface area (Å²) in [6.45, 7) is 2.40. The number of carbonyl (C=O) groups excluding carboxylic acids is 1. The van der Waals surface area contributed by atoms with Gasteiger partial charge in [-0.3, -0.25) is 4.79 Å². The van der Waals surface area contributed by atoms with Crippen molar-refractivity contribution in [2.24, 2.45) is 0 Å². The van der Waals surface area contributed by atoms with Crippen molar-refractivity contribution in [2.45, 2.75) is 6.54 Å². The number of anilines is 1. The largest absolute Gasteiger partial charge is 0.495 e. The van der Waals surface area contributed by atoms with Crippen LogP contribution in [0.3, 0.4) is 0 Å². The first-order valence-electron chi connectivity index (χ1n) is 9.41. The van der Waals surface area contributed by atoms with E-state index in [-0.39, 0.29) is 12.5 Å². The average Bonchev–Trinajstić information content (AvgIpc) is 3.14. The van der Waals surface area contributed by atoms with E-state index in [1.165, 1.54) is 4.68 Å². The molecule has 0 N–H and O–H groups in total. The SMILES string of the molecule is COc1ccccc1N1CCN(C(=O)Cn2nnn(-c3ccccc3)c2=O)CC1. The summed E-state index contributed by atoms with van der Waals surface area (Å²) in [7, 11) is 1.65. The van der Waals surface area contributed by atoms with Crippen LogP contribution in [0.5, 0.6) is 5.75 Å². The minimum Gasteiger partial charge on any atom is -0.495 e. The molecule has 1 aliphatic heterocycles. The second-order valence-corrected chi connectivity index (χ2v) is 6.71. The topological polar surface area (TPSA) is 85.5 Å². The van der Waals surface area contributed by atoms with Crippen molar-refractivity contribution >= 4 is 11.6 Å². The van der Waals surface area contributed by atoms with Gasteiger partial charge in [-0.2, -0.15) is 9.36 Å². The number of nitrogens with zero attached hydrogens (tertiary/aromatic N) is 6. The quantitative estimate of drug-likeness (QED) is 0.636. The highest BCUT2D eigenvalue weighted by molar-refractivity contribution is 5.76. The lowest BCUT2D eigenvalue weighted by molar-refractivity contribution is -0.132. The van der Waals surface area contributed by atoms with Crippen LogP contribution < -0.4 is 15.3 Å². The van der Waals surface area contributed by atoms with Crippen molar-refractivity contribution in [3.8, 4) is 11.4 Å². The maximum Gasteiger partial charge on any atom is 0.368 e. The fourth-order valence-corrected chi connectivity index (χ4v) is 3.42. The fraction of sp³-hybridized carbons (Fsp3) is 0.300. The Balaban J connectivity index is 1.40. The van der Waals surface area contributed by atoms with Crippen molar-refractivity contribution in [2.75, 3.05) is 38.2 Å². The molecule has 1 aromatic heterocycles. The van der Waals surface area contributed by atoms with E-state index in [0.717, 1.165) is 16.1 Å². The Hall–Kier alpha value is -3.62. The molecule has 2 aromatic carbocycles. The second-order valence-electron chi connectivity index (χ2n) is 6.71. The Kier molecular flexibility index (Phi) is 5.28. The summed E-state index contributed by atoms with van der Waals surface area (Å²) in [5, 5.41) is 7.73. The van der Waals surface area contributed by atoms with E-state index in [4.69, 9.17) is 4.74 Å². The number of hydrogen-bond acceptors (Lipinski definition) is 6. The van der Waals surface area contributed by atoms with Gasteiger partial charge >= 0.3 is 5.69 Å². The van der Waals surface area contributed by atoms with Gasteiger partial charge in [-0.05, 0) is 34.7 Å². The summed E-state index contributed by atoms with van der Waals surface area (Å²) < 4.78 is 7.71. The number of carbonyl (C=O) groups is 1. The zero-order chi connectivity index (χ0) is 20.2. The molecule has 9 nitrogen and oxygen atoms in total. The molecule has 1 aliphatic rings. The van der Waals surface area contributed by atoms with Gasteiger partial charge in [0.05, 0.1) is 18.5 Å². The van der Waals surface area contributed by atoms with Crippen LogP contribution in [0.4, 0.5) is 5.69 Å². The van der Waals surface area contributed by atoms with E-state index in [9.17, 15) is 9.59 Å². The zero-order valence-corrected chi connectivity index (χ0v) is 16.1. The summed E-state index contributed by atoms with van der Waals surface area (Å²) in [6.07, 6.45) is 0. The number of methoxy groups -OCH3 is 1. The van der Waals surface area contributed by atoms with Crippen LogP contribution in [0.2, 0.25) is 0 Å². The first kappa shape index (κ1) is 18.7. The Morgan fingerprint density at radius 3 is 2.38 bits per heavy atom. The molecule has 1 fully saturated rings. The number of tetrazole rings is 1. The number of amides is 1. The minimum absolute atomic E-state index is 0.125. The smallest absolute Gasteiger partial charge is 0.368 e. The Morgan fingerprint density at radius 1 is 0.966 bits per heavy atom. The molecule has 2 heterocycles. The van der Waals surface area contributed by atoms with Gasteiger partial charge < -0.3 is 14.5 Å². The van der Waals surface area contributed by atoms with Gasteiger partial charge in [-0.15, -0.1) is 0 Å². The molecular weight excluding hydrogens is 372 g/mol. The molecule has 3 aromatic rings. The fourth-order valence-electron chi connectivity index (χ4n) is 3.42. The predicted octanol–water partition coefficient (Wildman–Crippen LogP) is 0.786. The van der Waals surface area contributed by atoms with Crippen LogP contribution >= 0.6 is 0 Å². The molecule has 0 atom stereocenters. The third kappa shape index (κ3) is 3.84. The van der Waals surface area contributed by atoms with Crippen LogP contribution in [0, 0.1) is 0 Å². The first-order valence-corrected chi connectivity index (χ1v) is 9.41. The number of rotatable bonds is 5.